The van der Waals surface area contributed by atoms with Gasteiger partial charge in [-0.25, -0.2) is 4.79 Å². The van der Waals surface area contributed by atoms with Gasteiger partial charge in [0.15, 0.2) is 0 Å². The zero-order valence-corrected chi connectivity index (χ0v) is 15.0. The Balaban J connectivity index is 2.03. The van der Waals surface area contributed by atoms with Gasteiger partial charge in [0, 0.05) is 12.6 Å². The minimum Gasteiger partial charge on any atom is -0.383 e. The van der Waals surface area contributed by atoms with Crippen LogP contribution >= 0.6 is 0 Å². The van der Waals surface area contributed by atoms with E-state index >= 15 is 0 Å². The third kappa shape index (κ3) is 3.32. The van der Waals surface area contributed by atoms with Crippen LogP contribution in [0.2, 0.25) is 0 Å². The number of aryl methyl sites for hydroxylation is 2. The summed E-state index contributed by atoms with van der Waals surface area (Å²) >= 11 is 0. The van der Waals surface area contributed by atoms with Crippen LogP contribution in [0.4, 0.5) is 22.0 Å². The number of nitrogens with zero attached hydrogens (tertiary/aromatic N) is 3. The number of benzene rings is 2. The Kier molecular flexibility index (Phi) is 4.55. The summed E-state index contributed by atoms with van der Waals surface area (Å²) in [7, 11) is 1.63. The summed E-state index contributed by atoms with van der Waals surface area (Å²) in [6.45, 7) is 1.93. The van der Waals surface area contributed by atoms with E-state index in [2.05, 4.69) is 5.10 Å². The first-order valence-corrected chi connectivity index (χ1v) is 8.18. The molecule has 27 heavy (non-hydrogen) atoms. The van der Waals surface area contributed by atoms with Gasteiger partial charge in [0.05, 0.1) is 11.4 Å². The lowest BCUT2D eigenvalue weighted by atomic mass is 10.1. The first-order chi connectivity index (χ1) is 12.8. The molecule has 0 fully saturated rings. The zero-order valence-electron chi connectivity index (χ0n) is 15.0. The molecule has 0 bridgehead atoms. The summed E-state index contributed by atoms with van der Waals surface area (Å²) in [4.78, 5) is 25.1. The van der Waals surface area contributed by atoms with Crippen LogP contribution in [0.5, 0.6) is 0 Å². The molecule has 3 aromatic rings. The fraction of sp³-hybridized carbons (Fsp3) is 0.105. The third-order valence-corrected chi connectivity index (χ3v) is 4.22. The van der Waals surface area contributed by atoms with Crippen molar-refractivity contribution >= 4 is 29.1 Å². The molecule has 1 heterocycles. The van der Waals surface area contributed by atoms with Crippen molar-refractivity contribution in [3.63, 3.8) is 0 Å². The number of rotatable bonds is 4. The molecule has 8 heteroatoms. The molecular formula is C19H20N6O2. The molecule has 6 N–H and O–H groups in total. The van der Waals surface area contributed by atoms with Crippen molar-refractivity contribution in [2.45, 2.75) is 6.92 Å². The largest absolute Gasteiger partial charge is 0.383 e. The Morgan fingerprint density at radius 2 is 1.70 bits per heavy atom. The van der Waals surface area contributed by atoms with E-state index in [0.29, 0.717) is 22.6 Å². The normalized spacial score (nSPS) is 10.6. The first kappa shape index (κ1) is 18.0. The SMILES string of the molecule is Cc1cccc(N(C(N)=O)c2ccc(-c3nn(C)c(N)c3C(N)=O)cc2)c1. The van der Waals surface area contributed by atoms with Crippen molar-refractivity contribution in [2.75, 3.05) is 10.6 Å². The molecule has 3 amide bonds. The first-order valence-electron chi connectivity index (χ1n) is 8.18. The maximum Gasteiger partial charge on any atom is 0.323 e. The fourth-order valence-corrected chi connectivity index (χ4v) is 2.92. The second-order valence-electron chi connectivity index (χ2n) is 6.16. The average molecular weight is 364 g/mol. The van der Waals surface area contributed by atoms with Crippen LogP contribution in [0.15, 0.2) is 48.5 Å². The van der Waals surface area contributed by atoms with Crippen molar-refractivity contribution in [3.8, 4) is 11.3 Å². The van der Waals surface area contributed by atoms with Crippen molar-refractivity contribution < 1.29 is 9.59 Å². The van der Waals surface area contributed by atoms with E-state index in [4.69, 9.17) is 17.2 Å². The van der Waals surface area contributed by atoms with E-state index in [-0.39, 0.29) is 11.4 Å². The molecule has 0 atom stereocenters. The van der Waals surface area contributed by atoms with Crippen molar-refractivity contribution in [1.29, 1.82) is 0 Å². The van der Waals surface area contributed by atoms with E-state index in [1.165, 1.54) is 9.58 Å². The van der Waals surface area contributed by atoms with Crippen LogP contribution in [0.1, 0.15) is 15.9 Å². The highest BCUT2D eigenvalue weighted by Gasteiger charge is 2.21. The molecule has 0 saturated heterocycles. The molecule has 0 aliphatic rings. The average Bonchev–Trinajstić information content (AvgIpc) is 2.91. The van der Waals surface area contributed by atoms with E-state index in [0.717, 1.165) is 5.56 Å². The molecule has 138 valence electrons. The maximum absolute atomic E-state index is 12.0. The molecule has 0 aliphatic carbocycles. The summed E-state index contributed by atoms with van der Waals surface area (Å²) in [5.74, 6) is -0.460. The number of carbonyl (C=O) groups excluding carboxylic acids is 2. The number of anilines is 3. The van der Waals surface area contributed by atoms with E-state index < -0.39 is 11.9 Å². The van der Waals surface area contributed by atoms with Crippen molar-refractivity contribution in [3.05, 3.63) is 59.7 Å². The van der Waals surface area contributed by atoms with E-state index in [1.54, 1.807) is 37.4 Å². The zero-order chi connectivity index (χ0) is 19.7. The van der Waals surface area contributed by atoms with Crippen LogP contribution in [0.25, 0.3) is 11.3 Å². The second kappa shape index (κ2) is 6.83. The fourth-order valence-electron chi connectivity index (χ4n) is 2.92. The van der Waals surface area contributed by atoms with Crippen LogP contribution in [-0.4, -0.2) is 21.7 Å². The van der Waals surface area contributed by atoms with E-state index in [1.807, 2.05) is 25.1 Å². The highest BCUT2D eigenvalue weighted by molar-refractivity contribution is 6.03. The molecule has 0 aliphatic heterocycles. The van der Waals surface area contributed by atoms with Crippen LogP contribution in [-0.2, 0) is 7.05 Å². The lowest BCUT2D eigenvalue weighted by Gasteiger charge is -2.21. The number of nitrogens with two attached hydrogens (primary N) is 3. The van der Waals surface area contributed by atoms with Gasteiger partial charge in [-0.2, -0.15) is 5.10 Å². The number of carbonyl (C=O) groups is 2. The summed E-state index contributed by atoms with van der Waals surface area (Å²) < 4.78 is 1.39. The van der Waals surface area contributed by atoms with Crippen molar-refractivity contribution in [1.82, 2.24) is 9.78 Å². The van der Waals surface area contributed by atoms with Gasteiger partial charge in [-0.05, 0) is 36.8 Å². The van der Waals surface area contributed by atoms with Gasteiger partial charge in [-0.15, -0.1) is 0 Å². The summed E-state index contributed by atoms with van der Waals surface area (Å²) in [6, 6.07) is 13.8. The lowest BCUT2D eigenvalue weighted by Crippen LogP contribution is -2.31. The number of hydrogen-bond donors (Lipinski definition) is 3. The second-order valence-corrected chi connectivity index (χ2v) is 6.16. The minimum atomic E-state index is -0.654. The lowest BCUT2D eigenvalue weighted by molar-refractivity contribution is 0.100. The molecular weight excluding hydrogens is 344 g/mol. The number of primary amides is 2. The molecule has 0 saturated carbocycles. The molecule has 0 radical (unpaired) electrons. The third-order valence-electron chi connectivity index (χ3n) is 4.22. The van der Waals surface area contributed by atoms with Gasteiger partial charge in [0.25, 0.3) is 5.91 Å². The maximum atomic E-state index is 12.0. The van der Waals surface area contributed by atoms with Crippen LogP contribution < -0.4 is 22.1 Å². The molecule has 8 nitrogen and oxygen atoms in total. The number of urea groups is 1. The molecule has 2 aromatic carbocycles. The number of aromatic nitrogens is 2. The monoisotopic (exact) mass is 364 g/mol. The Hall–Kier alpha value is -3.81. The quantitative estimate of drug-likeness (QED) is 0.655. The molecule has 1 aromatic heterocycles. The van der Waals surface area contributed by atoms with Crippen LogP contribution in [0.3, 0.4) is 0 Å². The molecule has 0 unspecified atom stereocenters. The summed E-state index contributed by atoms with van der Waals surface area (Å²) in [5.41, 5.74) is 20.3. The predicted molar refractivity (Wildman–Crippen MR) is 104 cm³/mol. The Morgan fingerprint density at radius 3 is 2.26 bits per heavy atom. The number of nitrogen functional groups attached to an aromatic ring is 1. The van der Waals surface area contributed by atoms with Gasteiger partial charge in [-0.3, -0.25) is 14.4 Å². The van der Waals surface area contributed by atoms with Gasteiger partial charge in [-0.1, -0.05) is 24.3 Å². The standard InChI is InChI=1S/C19H20N6O2/c1-11-4-3-5-14(10-11)25(19(22)27)13-8-6-12(7-9-13)16-15(18(21)26)17(20)24(2)23-16/h3-10H,20H2,1-2H3,(H2,21,26)(H2,22,27). The Morgan fingerprint density at radius 1 is 1.04 bits per heavy atom. The molecule has 0 spiro atoms. The predicted octanol–water partition coefficient (Wildman–Crippen LogP) is 2.29. The van der Waals surface area contributed by atoms with Gasteiger partial charge >= 0.3 is 6.03 Å². The Bertz CT molecular complexity index is 1020. The van der Waals surface area contributed by atoms with Gasteiger partial charge < -0.3 is 17.2 Å². The van der Waals surface area contributed by atoms with Gasteiger partial charge in [0.1, 0.15) is 17.1 Å². The topological polar surface area (TPSA) is 133 Å². The van der Waals surface area contributed by atoms with Gasteiger partial charge in [0.2, 0.25) is 0 Å². The summed E-state index contributed by atoms with van der Waals surface area (Å²) in [5, 5.41) is 4.27. The smallest absolute Gasteiger partial charge is 0.323 e. The van der Waals surface area contributed by atoms with E-state index in [9.17, 15) is 9.59 Å². The highest BCUT2D eigenvalue weighted by atomic mass is 16.2. The Labute approximate surface area is 156 Å². The summed E-state index contributed by atoms with van der Waals surface area (Å²) in [6.07, 6.45) is 0. The number of amides is 3. The minimum absolute atomic E-state index is 0.163. The van der Waals surface area contributed by atoms with Crippen LogP contribution in [0, 0.1) is 6.92 Å². The number of hydrogen-bond acceptors (Lipinski definition) is 4. The highest BCUT2D eigenvalue weighted by Crippen LogP contribution is 2.31. The molecule has 3 rings (SSSR count). The van der Waals surface area contributed by atoms with Crippen molar-refractivity contribution in [2.24, 2.45) is 18.5 Å².